The molecule has 4 nitrogen and oxygen atoms in total. The van der Waals surface area contributed by atoms with Gasteiger partial charge in [0.25, 0.3) is 0 Å². The molecule has 0 aliphatic carbocycles. The van der Waals surface area contributed by atoms with Crippen LogP contribution >= 0.6 is 11.8 Å². The maximum Gasteiger partial charge on any atom is 0.313 e. The van der Waals surface area contributed by atoms with Crippen molar-refractivity contribution in [1.82, 2.24) is 9.78 Å². The summed E-state index contributed by atoms with van der Waals surface area (Å²) in [4.78, 5) is 10.7. The van der Waals surface area contributed by atoms with Gasteiger partial charge in [0.2, 0.25) is 0 Å². The van der Waals surface area contributed by atoms with Crippen LogP contribution in [0.1, 0.15) is 31.0 Å². The Morgan fingerprint density at radius 1 is 1.38 bits per heavy atom. The average Bonchev–Trinajstić information content (AvgIpc) is 2.82. The molecule has 0 amide bonds. The Bertz CT molecular complexity index is 623. The number of carboxylic acid groups (broad SMARTS) is 1. The van der Waals surface area contributed by atoms with E-state index in [0.717, 1.165) is 16.3 Å². The lowest BCUT2D eigenvalue weighted by Crippen LogP contribution is -2.06. The van der Waals surface area contributed by atoms with E-state index in [1.54, 1.807) is 16.8 Å². The topological polar surface area (TPSA) is 55.1 Å². The molecule has 6 heteroatoms. The molecule has 0 saturated carbocycles. The van der Waals surface area contributed by atoms with E-state index in [2.05, 4.69) is 5.10 Å². The summed E-state index contributed by atoms with van der Waals surface area (Å²) in [5.41, 5.74) is 1.84. The lowest BCUT2D eigenvalue weighted by atomic mass is 10.1. The van der Waals surface area contributed by atoms with Crippen molar-refractivity contribution in [2.24, 2.45) is 0 Å². The number of nitrogens with zero attached hydrogens (tertiary/aromatic N) is 2. The Labute approximate surface area is 127 Å². The van der Waals surface area contributed by atoms with Gasteiger partial charge in [-0.2, -0.15) is 5.10 Å². The van der Waals surface area contributed by atoms with Gasteiger partial charge in [0.1, 0.15) is 5.82 Å². The Morgan fingerprint density at radius 3 is 2.62 bits per heavy atom. The molecule has 1 aromatic heterocycles. The van der Waals surface area contributed by atoms with Gasteiger partial charge >= 0.3 is 5.97 Å². The summed E-state index contributed by atoms with van der Waals surface area (Å²) < 4.78 is 14.7. The molecule has 0 unspecified atom stereocenters. The number of rotatable bonds is 6. The fourth-order valence-corrected chi connectivity index (χ4v) is 2.56. The fraction of sp³-hybridized carbons (Fsp3) is 0.333. The number of carbonyl (C=O) groups is 1. The molecule has 2 rings (SSSR count). The lowest BCUT2D eigenvalue weighted by molar-refractivity contribution is -0.133. The smallest absolute Gasteiger partial charge is 0.313 e. The van der Waals surface area contributed by atoms with E-state index in [-0.39, 0.29) is 17.5 Å². The molecular weight excluding hydrogens is 291 g/mol. The van der Waals surface area contributed by atoms with Gasteiger partial charge in [-0.15, -0.1) is 0 Å². The molecule has 0 aliphatic rings. The van der Waals surface area contributed by atoms with Crippen LogP contribution in [-0.4, -0.2) is 26.6 Å². The second-order valence-electron chi connectivity index (χ2n) is 5.03. The molecule has 1 N–H and O–H groups in total. The molecule has 21 heavy (non-hydrogen) atoms. The highest BCUT2D eigenvalue weighted by atomic mass is 32.2. The minimum absolute atomic E-state index is 0.00730. The van der Waals surface area contributed by atoms with Crippen molar-refractivity contribution in [2.75, 3.05) is 5.75 Å². The van der Waals surface area contributed by atoms with E-state index in [4.69, 9.17) is 5.11 Å². The highest BCUT2D eigenvalue weighted by molar-refractivity contribution is 7.99. The Kier molecular flexibility index (Phi) is 5.01. The fourth-order valence-electron chi connectivity index (χ4n) is 1.83. The number of aromatic nitrogens is 2. The molecule has 0 radical (unpaired) electrons. The first kappa shape index (κ1) is 15.6. The summed E-state index contributed by atoms with van der Waals surface area (Å²) in [6, 6.07) is 8.15. The van der Waals surface area contributed by atoms with E-state index < -0.39 is 5.97 Å². The Hall–Kier alpha value is -1.82. The standard InChI is InChI=1S/C15H17FN2O2S/c1-10(2)13-7-14(21-9-15(19)20)18(17-13)8-11-3-5-12(16)6-4-11/h3-7,10H,8-9H2,1-2H3,(H,19,20). The second kappa shape index (κ2) is 6.76. The number of thioether (sulfide) groups is 1. The summed E-state index contributed by atoms with van der Waals surface area (Å²) >= 11 is 1.24. The molecular formula is C15H17FN2O2S. The van der Waals surface area contributed by atoms with Gasteiger partial charge in [-0.25, -0.2) is 4.39 Å². The first-order chi connectivity index (χ1) is 9.95. The van der Waals surface area contributed by atoms with Crippen LogP contribution in [0.25, 0.3) is 0 Å². The van der Waals surface area contributed by atoms with Crippen molar-refractivity contribution >= 4 is 17.7 Å². The monoisotopic (exact) mass is 308 g/mol. The van der Waals surface area contributed by atoms with Gasteiger partial charge < -0.3 is 5.11 Å². The molecule has 0 spiro atoms. The maximum absolute atomic E-state index is 12.9. The van der Waals surface area contributed by atoms with Gasteiger partial charge in [0.15, 0.2) is 0 Å². The first-order valence-electron chi connectivity index (χ1n) is 6.62. The molecule has 0 aliphatic heterocycles. The van der Waals surface area contributed by atoms with E-state index in [1.807, 2.05) is 19.9 Å². The number of carboxylic acids is 1. The van der Waals surface area contributed by atoms with Gasteiger partial charge in [-0.05, 0) is 29.7 Å². The third-order valence-electron chi connectivity index (χ3n) is 2.94. The molecule has 0 bridgehead atoms. The van der Waals surface area contributed by atoms with E-state index in [0.29, 0.717) is 6.54 Å². The zero-order valence-electron chi connectivity index (χ0n) is 11.9. The molecule has 1 aromatic carbocycles. The molecule has 1 heterocycles. The first-order valence-corrected chi connectivity index (χ1v) is 7.61. The van der Waals surface area contributed by atoms with Crippen molar-refractivity contribution in [2.45, 2.75) is 31.3 Å². The summed E-state index contributed by atoms with van der Waals surface area (Å²) in [7, 11) is 0. The van der Waals surface area contributed by atoms with Crippen LogP contribution in [0.4, 0.5) is 4.39 Å². The maximum atomic E-state index is 12.9. The van der Waals surface area contributed by atoms with Crippen molar-refractivity contribution in [3.63, 3.8) is 0 Å². The highest BCUT2D eigenvalue weighted by Gasteiger charge is 2.13. The van der Waals surface area contributed by atoms with Crippen LogP contribution in [-0.2, 0) is 11.3 Å². The van der Waals surface area contributed by atoms with Crippen LogP contribution in [0.15, 0.2) is 35.4 Å². The van der Waals surface area contributed by atoms with Crippen LogP contribution in [0.5, 0.6) is 0 Å². The number of benzene rings is 1. The SMILES string of the molecule is CC(C)c1cc(SCC(=O)O)n(Cc2ccc(F)cc2)n1. The van der Waals surface area contributed by atoms with Gasteiger partial charge in [-0.1, -0.05) is 37.7 Å². The van der Waals surface area contributed by atoms with Gasteiger partial charge in [0.05, 0.1) is 23.0 Å². The van der Waals surface area contributed by atoms with Crippen LogP contribution in [0.2, 0.25) is 0 Å². The third kappa shape index (κ3) is 4.32. The predicted molar refractivity (Wildman–Crippen MR) is 80.2 cm³/mol. The highest BCUT2D eigenvalue weighted by Crippen LogP contribution is 2.24. The zero-order valence-corrected chi connectivity index (χ0v) is 12.7. The number of hydrogen-bond acceptors (Lipinski definition) is 3. The second-order valence-corrected chi connectivity index (χ2v) is 6.02. The molecule has 2 aromatic rings. The van der Waals surface area contributed by atoms with Crippen molar-refractivity contribution in [3.05, 3.63) is 47.4 Å². The molecule has 0 fully saturated rings. The molecule has 112 valence electrons. The van der Waals surface area contributed by atoms with Gasteiger partial charge in [-0.3, -0.25) is 9.48 Å². The number of halogens is 1. The zero-order chi connectivity index (χ0) is 15.4. The third-order valence-corrected chi connectivity index (χ3v) is 3.96. The van der Waals surface area contributed by atoms with Crippen LogP contribution in [0.3, 0.4) is 0 Å². The van der Waals surface area contributed by atoms with Crippen molar-refractivity contribution < 1.29 is 14.3 Å². The van der Waals surface area contributed by atoms with E-state index in [1.165, 1.54) is 23.9 Å². The minimum Gasteiger partial charge on any atom is -0.481 e. The van der Waals surface area contributed by atoms with Crippen molar-refractivity contribution in [3.8, 4) is 0 Å². The summed E-state index contributed by atoms with van der Waals surface area (Å²) in [5, 5.41) is 14.1. The van der Waals surface area contributed by atoms with E-state index in [9.17, 15) is 9.18 Å². The largest absolute Gasteiger partial charge is 0.481 e. The predicted octanol–water partition coefficient (Wildman–Crippen LogP) is 3.37. The lowest BCUT2D eigenvalue weighted by Gasteiger charge is -2.06. The summed E-state index contributed by atoms with van der Waals surface area (Å²) in [5.74, 6) is -0.876. The summed E-state index contributed by atoms with van der Waals surface area (Å²) in [6.07, 6.45) is 0. The van der Waals surface area contributed by atoms with Gasteiger partial charge in [0, 0.05) is 0 Å². The molecule has 0 saturated heterocycles. The van der Waals surface area contributed by atoms with E-state index >= 15 is 0 Å². The average molecular weight is 308 g/mol. The summed E-state index contributed by atoms with van der Waals surface area (Å²) in [6.45, 7) is 4.57. The Balaban J connectivity index is 2.22. The normalized spacial score (nSPS) is 11.0. The number of hydrogen-bond donors (Lipinski definition) is 1. The minimum atomic E-state index is -0.861. The van der Waals surface area contributed by atoms with Crippen LogP contribution in [0, 0.1) is 5.82 Å². The number of aliphatic carboxylic acids is 1. The quantitative estimate of drug-likeness (QED) is 0.831. The van der Waals surface area contributed by atoms with Crippen LogP contribution < -0.4 is 0 Å². The molecule has 0 atom stereocenters. The Morgan fingerprint density at radius 2 is 2.05 bits per heavy atom. The van der Waals surface area contributed by atoms with Crippen molar-refractivity contribution in [1.29, 1.82) is 0 Å².